The Hall–Kier alpha value is -1.84. The molecule has 1 saturated heterocycles. The van der Waals surface area contributed by atoms with Crippen molar-refractivity contribution in [1.29, 1.82) is 0 Å². The minimum absolute atomic E-state index is 0.570. The third kappa shape index (κ3) is 4.16. The van der Waals surface area contributed by atoms with Crippen LogP contribution < -0.4 is 0 Å². The van der Waals surface area contributed by atoms with Gasteiger partial charge in [0.05, 0.1) is 11.9 Å². The summed E-state index contributed by atoms with van der Waals surface area (Å²) in [4.78, 5) is 2.29. The summed E-state index contributed by atoms with van der Waals surface area (Å²) in [6.45, 7) is 3.60. The van der Waals surface area contributed by atoms with Gasteiger partial charge in [0.2, 0.25) is 10.0 Å². The van der Waals surface area contributed by atoms with E-state index in [0.29, 0.717) is 13.1 Å². The molecular formula is C15H22N6O2S. The number of piperazine rings is 1. The van der Waals surface area contributed by atoms with E-state index in [1.54, 1.807) is 8.99 Å². The van der Waals surface area contributed by atoms with Crippen molar-refractivity contribution in [2.75, 3.05) is 39.0 Å². The molecule has 0 bridgehead atoms. The molecule has 1 aromatic carbocycles. The van der Waals surface area contributed by atoms with Gasteiger partial charge in [-0.3, -0.25) is 0 Å². The molecule has 1 fully saturated rings. The summed E-state index contributed by atoms with van der Waals surface area (Å²) in [5.41, 5.74) is 0.958. The SMILES string of the molecule is CS(=O)(=O)N1CCN(CCCc2nnnn2-c2ccccc2)CC1. The summed E-state index contributed by atoms with van der Waals surface area (Å²) in [6.07, 6.45) is 2.99. The molecule has 0 N–H and O–H groups in total. The molecule has 0 amide bonds. The number of tetrazole rings is 1. The molecule has 0 spiro atoms. The first kappa shape index (κ1) is 17.0. The molecule has 24 heavy (non-hydrogen) atoms. The standard InChI is InChI=1S/C15H22N6O2S/c1-24(22,23)20-12-10-19(11-13-20)9-5-8-15-16-17-18-21(15)14-6-3-2-4-7-14/h2-4,6-7H,5,8-13H2,1H3. The van der Waals surface area contributed by atoms with Crippen molar-refractivity contribution in [3.63, 3.8) is 0 Å². The van der Waals surface area contributed by atoms with E-state index in [9.17, 15) is 8.42 Å². The van der Waals surface area contributed by atoms with Gasteiger partial charge in [-0.1, -0.05) is 18.2 Å². The van der Waals surface area contributed by atoms with Crippen molar-refractivity contribution in [3.8, 4) is 5.69 Å². The molecule has 0 aliphatic carbocycles. The normalized spacial score (nSPS) is 17.2. The van der Waals surface area contributed by atoms with Crippen molar-refractivity contribution in [2.45, 2.75) is 12.8 Å². The van der Waals surface area contributed by atoms with E-state index in [-0.39, 0.29) is 0 Å². The van der Waals surface area contributed by atoms with Gasteiger partial charge in [-0.15, -0.1) is 5.10 Å². The molecule has 0 saturated carbocycles. The van der Waals surface area contributed by atoms with Crippen LogP contribution in [-0.4, -0.2) is 76.8 Å². The van der Waals surface area contributed by atoms with Crippen molar-refractivity contribution in [2.24, 2.45) is 0 Å². The molecule has 0 radical (unpaired) electrons. The summed E-state index contributed by atoms with van der Waals surface area (Å²) < 4.78 is 26.3. The average Bonchev–Trinajstić information content (AvgIpc) is 3.04. The van der Waals surface area contributed by atoms with E-state index < -0.39 is 10.0 Å². The van der Waals surface area contributed by atoms with Gasteiger partial charge in [-0.25, -0.2) is 8.42 Å². The smallest absolute Gasteiger partial charge is 0.211 e. The van der Waals surface area contributed by atoms with Crippen molar-refractivity contribution >= 4 is 10.0 Å². The third-order valence-electron chi connectivity index (χ3n) is 4.21. The van der Waals surface area contributed by atoms with E-state index in [2.05, 4.69) is 20.4 Å². The lowest BCUT2D eigenvalue weighted by Gasteiger charge is -2.33. The van der Waals surface area contributed by atoms with Gasteiger partial charge in [-0.05, 0) is 35.5 Å². The maximum Gasteiger partial charge on any atom is 0.211 e. The monoisotopic (exact) mass is 350 g/mol. The highest BCUT2D eigenvalue weighted by Crippen LogP contribution is 2.10. The van der Waals surface area contributed by atoms with Gasteiger partial charge < -0.3 is 4.90 Å². The Labute approximate surface area is 142 Å². The summed E-state index contributed by atoms with van der Waals surface area (Å²) in [5.74, 6) is 0.843. The number of rotatable bonds is 6. The summed E-state index contributed by atoms with van der Waals surface area (Å²) in [5, 5.41) is 11.9. The molecule has 8 nitrogen and oxygen atoms in total. The second-order valence-electron chi connectivity index (χ2n) is 5.95. The van der Waals surface area contributed by atoms with Gasteiger partial charge in [-0.2, -0.15) is 8.99 Å². The van der Waals surface area contributed by atoms with Crippen molar-refractivity contribution < 1.29 is 8.42 Å². The number of sulfonamides is 1. The first-order valence-corrected chi connectivity index (χ1v) is 9.89. The maximum absolute atomic E-state index is 11.5. The largest absolute Gasteiger partial charge is 0.301 e. The number of para-hydroxylation sites is 1. The lowest BCUT2D eigenvalue weighted by Crippen LogP contribution is -2.48. The molecule has 1 aliphatic rings. The Morgan fingerprint density at radius 1 is 1.08 bits per heavy atom. The maximum atomic E-state index is 11.5. The van der Waals surface area contributed by atoms with Gasteiger partial charge in [0.15, 0.2) is 5.82 Å². The van der Waals surface area contributed by atoms with Crippen LogP contribution in [0.3, 0.4) is 0 Å². The molecule has 0 atom stereocenters. The van der Waals surface area contributed by atoms with Crippen LogP contribution in [0.4, 0.5) is 0 Å². The van der Waals surface area contributed by atoms with Crippen LogP contribution in [-0.2, 0) is 16.4 Å². The predicted octanol–water partition coefficient (Wildman–Crippen LogP) is 0.172. The summed E-state index contributed by atoms with van der Waals surface area (Å²) in [6, 6.07) is 9.84. The summed E-state index contributed by atoms with van der Waals surface area (Å²) >= 11 is 0. The van der Waals surface area contributed by atoms with Crippen LogP contribution in [0, 0.1) is 0 Å². The predicted molar refractivity (Wildman–Crippen MR) is 90.3 cm³/mol. The molecule has 1 aliphatic heterocycles. The molecule has 3 rings (SSSR count). The Morgan fingerprint density at radius 2 is 1.79 bits per heavy atom. The topological polar surface area (TPSA) is 84.2 Å². The lowest BCUT2D eigenvalue weighted by atomic mass is 10.2. The zero-order valence-electron chi connectivity index (χ0n) is 13.7. The lowest BCUT2D eigenvalue weighted by molar-refractivity contribution is 0.187. The molecule has 130 valence electrons. The van der Waals surface area contributed by atoms with E-state index in [1.165, 1.54) is 6.26 Å². The fourth-order valence-electron chi connectivity index (χ4n) is 2.88. The van der Waals surface area contributed by atoms with Crippen LogP contribution in [0.5, 0.6) is 0 Å². The first-order chi connectivity index (χ1) is 11.5. The second-order valence-corrected chi connectivity index (χ2v) is 7.93. The summed E-state index contributed by atoms with van der Waals surface area (Å²) in [7, 11) is -3.06. The fourth-order valence-corrected chi connectivity index (χ4v) is 3.70. The van der Waals surface area contributed by atoms with Crippen LogP contribution in [0.1, 0.15) is 12.2 Å². The number of benzene rings is 1. The van der Waals surface area contributed by atoms with Crippen LogP contribution in [0.15, 0.2) is 30.3 Å². The van der Waals surface area contributed by atoms with Crippen LogP contribution in [0.25, 0.3) is 5.69 Å². The van der Waals surface area contributed by atoms with E-state index in [1.807, 2.05) is 30.3 Å². The highest BCUT2D eigenvalue weighted by atomic mass is 32.2. The zero-order chi connectivity index (χ0) is 17.0. The van der Waals surface area contributed by atoms with Crippen molar-refractivity contribution in [1.82, 2.24) is 29.4 Å². The van der Waals surface area contributed by atoms with Crippen LogP contribution >= 0.6 is 0 Å². The first-order valence-electron chi connectivity index (χ1n) is 8.04. The Morgan fingerprint density at radius 3 is 2.46 bits per heavy atom. The average molecular weight is 350 g/mol. The van der Waals surface area contributed by atoms with Gasteiger partial charge in [0.1, 0.15) is 0 Å². The number of aromatic nitrogens is 4. The molecule has 0 unspecified atom stereocenters. The van der Waals surface area contributed by atoms with Gasteiger partial charge in [0, 0.05) is 32.6 Å². The molecule has 9 heteroatoms. The van der Waals surface area contributed by atoms with E-state index in [0.717, 1.165) is 44.0 Å². The highest BCUT2D eigenvalue weighted by molar-refractivity contribution is 7.88. The van der Waals surface area contributed by atoms with Gasteiger partial charge >= 0.3 is 0 Å². The minimum Gasteiger partial charge on any atom is -0.301 e. The number of nitrogens with zero attached hydrogens (tertiary/aromatic N) is 6. The van der Waals surface area contributed by atoms with Gasteiger partial charge in [0.25, 0.3) is 0 Å². The Balaban J connectivity index is 1.49. The number of aryl methyl sites for hydroxylation is 1. The van der Waals surface area contributed by atoms with Crippen LogP contribution in [0.2, 0.25) is 0 Å². The molecule has 2 aromatic rings. The Kier molecular flexibility index (Phi) is 5.22. The number of hydrogen-bond donors (Lipinski definition) is 0. The zero-order valence-corrected chi connectivity index (χ0v) is 14.6. The Bertz CT molecular complexity index is 753. The molecule has 2 heterocycles. The molecule has 1 aromatic heterocycles. The fraction of sp³-hybridized carbons (Fsp3) is 0.533. The quantitative estimate of drug-likeness (QED) is 0.738. The minimum atomic E-state index is -3.06. The van der Waals surface area contributed by atoms with E-state index >= 15 is 0 Å². The number of hydrogen-bond acceptors (Lipinski definition) is 6. The molecular weight excluding hydrogens is 328 g/mol. The second kappa shape index (κ2) is 7.37. The third-order valence-corrected chi connectivity index (χ3v) is 5.51. The van der Waals surface area contributed by atoms with Crippen molar-refractivity contribution in [3.05, 3.63) is 36.2 Å². The highest BCUT2D eigenvalue weighted by Gasteiger charge is 2.23. The van der Waals surface area contributed by atoms with E-state index in [4.69, 9.17) is 0 Å².